The first-order chi connectivity index (χ1) is 15.0. The number of ether oxygens (including phenoxy) is 2. The molecule has 8 nitrogen and oxygen atoms in total. The summed E-state index contributed by atoms with van der Waals surface area (Å²) in [7, 11) is 0. The van der Waals surface area contributed by atoms with Gasteiger partial charge in [-0.05, 0) is 45.7 Å². The molecule has 0 atom stereocenters. The van der Waals surface area contributed by atoms with Crippen LogP contribution in [0.4, 0.5) is 4.79 Å². The van der Waals surface area contributed by atoms with Crippen molar-refractivity contribution in [3.8, 4) is 5.75 Å². The third-order valence-electron chi connectivity index (χ3n) is 5.09. The number of aromatic nitrogens is 1. The van der Waals surface area contributed by atoms with Crippen LogP contribution in [0.2, 0.25) is 0 Å². The largest absolute Gasteiger partial charge is 0.453 e. The number of rotatable bonds is 4. The fourth-order valence-electron chi connectivity index (χ4n) is 3.70. The second-order valence-electron chi connectivity index (χ2n) is 7.27. The van der Waals surface area contributed by atoms with Crippen LogP contribution in [0.15, 0.2) is 39.9 Å². The molecule has 1 amide bonds. The van der Waals surface area contributed by atoms with Crippen molar-refractivity contribution in [1.82, 2.24) is 10.4 Å². The molecule has 31 heavy (non-hydrogen) atoms. The number of carbonyl (C=O) groups excluding carboxylic acids is 2. The van der Waals surface area contributed by atoms with E-state index in [0.29, 0.717) is 41.1 Å². The van der Waals surface area contributed by atoms with Crippen molar-refractivity contribution < 1.29 is 23.5 Å². The molecular weight excluding hydrogens is 398 g/mol. The van der Waals surface area contributed by atoms with Crippen LogP contribution in [-0.4, -0.2) is 29.4 Å². The normalized spacial score (nSPS) is 14.4. The molecule has 1 aliphatic rings. The summed E-state index contributed by atoms with van der Waals surface area (Å²) in [6.07, 6.45) is 1.50. The molecule has 1 aromatic carbocycles. The van der Waals surface area contributed by atoms with E-state index in [1.807, 2.05) is 31.2 Å². The van der Waals surface area contributed by atoms with Crippen molar-refractivity contribution in [1.29, 1.82) is 0 Å². The molecule has 0 saturated carbocycles. The third kappa shape index (κ3) is 4.14. The minimum Gasteiger partial charge on any atom is -0.453 e. The predicted octanol–water partition coefficient (Wildman–Crippen LogP) is 4.45. The summed E-state index contributed by atoms with van der Waals surface area (Å²) in [6, 6.07) is 9.28. The van der Waals surface area contributed by atoms with Crippen LogP contribution in [0, 0.1) is 13.8 Å². The first-order valence-corrected chi connectivity index (χ1v) is 10.2. The van der Waals surface area contributed by atoms with Crippen LogP contribution in [0.3, 0.4) is 0 Å². The number of amides is 1. The molecule has 0 aliphatic heterocycles. The zero-order chi connectivity index (χ0) is 22.0. The average Bonchev–Trinajstić information content (AvgIpc) is 3.10. The monoisotopic (exact) mass is 421 g/mol. The fourth-order valence-corrected chi connectivity index (χ4v) is 3.70. The Kier molecular flexibility index (Phi) is 5.70. The Morgan fingerprint density at radius 3 is 2.84 bits per heavy atom. The summed E-state index contributed by atoms with van der Waals surface area (Å²) in [4.78, 5) is 29.1. The van der Waals surface area contributed by atoms with E-state index >= 15 is 0 Å². The number of hydrazone groups is 1. The van der Waals surface area contributed by atoms with E-state index in [9.17, 15) is 9.59 Å². The van der Waals surface area contributed by atoms with Crippen LogP contribution < -0.4 is 10.2 Å². The van der Waals surface area contributed by atoms with Gasteiger partial charge >= 0.3 is 12.1 Å². The van der Waals surface area contributed by atoms with E-state index in [2.05, 4.69) is 15.5 Å². The van der Waals surface area contributed by atoms with Gasteiger partial charge in [-0.1, -0.05) is 18.2 Å². The summed E-state index contributed by atoms with van der Waals surface area (Å²) in [5.41, 5.74) is 5.85. The number of para-hydroxylation sites is 1. The molecule has 0 unspecified atom stereocenters. The van der Waals surface area contributed by atoms with Gasteiger partial charge in [-0.3, -0.25) is 0 Å². The number of benzene rings is 1. The highest BCUT2D eigenvalue weighted by molar-refractivity contribution is 6.06. The molecule has 3 aromatic rings. The van der Waals surface area contributed by atoms with Gasteiger partial charge in [0, 0.05) is 28.6 Å². The number of nitrogens with one attached hydrogen (secondary N) is 1. The van der Waals surface area contributed by atoms with Gasteiger partial charge in [-0.25, -0.2) is 20.0 Å². The lowest BCUT2D eigenvalue weighted by molar-refractivity contribution is 0.0700. The van der Waals surface area contributed by atoms with E-state index in [0.717, 1.165) is 23.1 Å². The number of pyridine rings is 1. The highest BCUT2D eigenvalue weighted by atomic mass is 16.6. The molecule has 0 spiro atoms. The predicted molar refractivity (Wildman–Crippen MR) is 115 cm³/mol. The lowest BCUT2D eigenvalue weighted by Gasteiger charge is -2.13. The Balaban J connectivity index is 1.63. The van der Waals surface area contributed by atoms with Crippen LogP contribution in [0.5, 0.6) is 5.75 Å². The van der Waals surface area contributed by atoms with Crippen molar-refractivity contribution in [2.75, 3.05) is 6.61 Å². The molecular formula is C23H23N3O5. The minimum atomic E-state index is -0.623. The number of furan rings is 1. The Hall–Kier alpha value is -3.68. The van der Waals surface area contributed by atoms with Crippen molar-refractivity contribution in [2.24, 2.45) is 5.10 Å². The molecule has 4 rings (SSSR count). The van der Waals surface area contributed by atoms with Crippen molar-refractivity contribution >= 4 is 28.7 Å². The Morgan fingerprint density at radius 2 is 2.03 bits per heavy atom. The van der Waals surface area contributed by atoms with Gasteiger partial charge in [0.2, 0.25) is 5.76 Å². The van der Waals surface area contributed by atoms with Crippen LogP contribution in [0.1, 0.15) is 52.9 Å². The summed E-state index contributed by atoms with van der Waals surface area (Å²) in [6.45, 7) is 5.64. The molecule has 160 valence electrons. The zero-order valence-electron chi connectivity index (χ0n) is 17.7. The molecule has 0 bridgehead atoms. The molecule has 0 saturated heterocycles. The summed E-state index contributed by atoms with van der Waals surface area (Å²) < 4.78 is 16.4. The SMILES string of the molecule is CCOC(=O)N/N=C1\CCCc2oc(C(=O)Oc3cccc4ccc(C)nc34)c(C)c21. The molecule has 0 radical (unpaired) electrons. The zero-order valence-corrected chi connectivity index (χ0v) is 17.7. The summed E-state index contributed by atoms with van der Waals surface area (Å²) in [5.74, 6) is 0.561. The Labute approximate surface area is 179 Å². The van der Waals surface area contributed by atoms with E-state index in [4.69, 9.17) is 13.9 Å². The van der Waals surface area contributed by atoms with E-state index in [1.54, 1.807) is 19.9 Å². The maximum absolute atomic E-state index is 13.0. The van der Waals surface area contributed by atoms with Gasteiger partial charge < -0.3 is 13.9 Å². The van der Waals surface area contributed by atoms with Gasteiger partial charge in [0.05, 0.1) is 12.3 Å². The summed E-state index contributed by atoms with van der Waals surface area (Å²) in [5, 5.41) is 5.06. The number of carbonyl (C=O) groups is 2. The van der Waals surface area contributed by atoms with Gasteiger partial charge in [0.25, 0.3) is 0 Å². The van der Waals surface area contributed by atoms with Gasteiger partial charge in [-0.15, -0.1) is 0 Å². The van der Waals surface area contributed by atoms with Gasteiger partial charge in [0.15, 0.2) is 5.75 Å². The number of fused-ring (bicyclic) bond motifs is 2. The van der Waals surface area contributed by atoms with Crippen molar-refractivity contribution in [3.05, 3.63) is 58.7 Å². The van der Waals surface area contributed by atoms with Crippen molar-refractivity contribution in [3.63, 3.8) is 0 Å². The Bertz CT molecular complexity index is 1200. The van der Waals surface area contributed by atoms with E-state index < -0.39 is 12.1 Å². The number of esters is 1. The highest BCUT2D eigenvalue weighted by Gasteiger charge is 2.29. The second-order valence-corrected chi connectivity index (χ2v) is 7.27. The number of hydrogen-bond donors (Lipinski definition) is 1. The molecule has 1 N–H and O–H groups in total. The van der Waals surface area contributed by atoms with Gasteiger partial charge in [-0.2, -0.15) is 5.10 Å². The minimum absolute atomic E-state index is 0.125. The fraction of sp³-hybridized carbons (Fsp3) is 0.304. The standard InChI is InChI=1S/C23H23N3O5/c1-4-29-23(28)26-25-16-8-6-9-17-19(16)14(3)21(30-17)22(27)31-18-10-5-7-15-12-11-13(2)24-20(15)18/h5,7,10-12H,4,6,8-9H2,1-3H3,(H,26,28)/b25-16+. The average molecular weight is 421 g/mol. The third-order valence-corrected chi connectivity index (χ3v) is 5.09. The highest BCUT2D eigenvalue weighted by Crippen LogP contribution is 2.31. The number of nitrogens with zero attached hydrogens (tertiary/aromatic N) is 2. The maximum atomic E-state index is 13.0. The first-order valence-electron chi connectivity index (χ1n) is 10.2. The molecule has 2 heterocycles. The van der Waals surface area contributed by atoms with E-state index in [1.165, 1.54) is 0 Å². The maximum Gasteiger partial charge on any atom is 0.427 e. The van der Waals surface area contributed by atoms with Crippen LogP contribution in [0.25, 0.3) is 10.9 Å². The van der Waals surface area contributed by atoms with E-state index in [-0.39, 0.29) is 12.4 Å². The molecule has 0 fully saturated rings. The molecule has 8 heteroatoms. The second kappa shape index (κ2) is 8.59. The molecule has 2 aromatic heterocycles. The van der Waals surface area contributed by atoms with Crippen LogP contribution in [-0.2, 0) is 11.2 Å². The smallest absolute Gasteiger partial charge is 0.427 e. The topological polar surface area (TPSA) is 103 Å². The van der Waals surface area contributed by atoms with Crippen molar-refractivity contribution in [2.45, 2.75) is 40.0 Å². The van der Waals surface area contributed by atoms with Crippen LogP contribution >= 0.6 is 0 Å². The number of aryl methyl sites for hydroxylation is 2. The number of hydrogen-bond acceptors (Lipinski definition) is 7. The lowest BCUT2D eigenvalue weighted by Crippen LogP contribution is -2.22. The quantitative estimate of drug-likeness (QED) is 0.379. The molecule has 1 aliphatic carbocycles. The summed E-state index contributed by atoms with van der Waals surface area (Å²) >= 11 is 0. The Morgan fingerprint density at radius 1 is 1.19 bits per heavy atom. The lowest BCUT2D eigenvalue weighted by atomic mass is 9.93. The van der Waals surface area contributed by atoms with Gasteiger partial charge in [0.1, 0.15) is 11.3 Å². The first kappa shape index (κ1) is 20.6.